The maximum atomic E-state index is 12.6. The molecule has 2 aliphatic heterocycles. The number of imidazole rings is 1. The molecular formula is C29H43N5O4. The van der Waals surface area contributed by atoms with Gasteiger partial charge in [-0.2, -0.15) is 0 Å². The van der Waals surface area contributed by atoms with Gasteiger partial charge in [0.15, 0.2) is 0 Å². The van der Waals surface area contributed by atoms with E-state index >= 15 is 0 Å². The molecule has 2 aliphatic rings. The first-order chi connectivity index (χ1) is 18.1. The van der Waals surface area contributed by atoms with Gasteiger partial charge in [-0.1, -0.05) is 30.3 Å². The van der Waals surface area contributed by atoms with E-state index in [1.165, 1.54) is 7.11 Å². The van der Waals surface area contributed by atoms with Gasteiger partial charge in [-0.15, -0.1) is 0 Å². The Bertz CT molecular complexity index is 1100. The van der Waals surface area contributed by atoms with Crippen molar-refractivity contribution >= 4 is 12.2 Å². The first-order valence-electron chi connectivity index (χ1n) is 13.7. The van der Waals surface area contributed by atoms with Crippen LogP contribution in [0, 0.1) is 6.92 Å². The van der Waals surface area contributed by atoms with Crippen molar-refractivity contribution in [3.8, 4) is 0 Å². The van der Waals surface area contributed by atoms with E-state index in [2.05, 4.69) is 40.8 Å². The second kappa shape index (κ2) is 11.8. The minimum Gasteiger partial charge on any atom is -0.453 e. The molecule has 1 aromatic carbocycles. The van der Waals surface area contributed by atoms with E-state index in [1.54, 1.807) is 4.90 Å². The predicted molar refractivity (Wildman–Crippen MR) is 146 cm³/mol. The number of nitrogens with one attached hydrogen (secondary N) is 1. The van der Waals surface area contributed by atoms with Crippen molar-refractivity contribution in [1.82, 2.24) is 24.7 Å². The highest BCUT2D eigenvalue weighted by atomic mass is 16.6. The van der Waals surface area contributed by atoms with Crippen LogP contribution in [0.15, 0.2) is 30.3 Å². The Kier molecular flexibility index (Phi) is 8.65. The van der Waals surface area contributed by atoms with E-state index in [0.29, 0.717) is 19.1 Å². The Morgan fingerprint density at radius 1 is 1.13 bits per heavy atom. The lowest BCUT2D eigenvalue weighted by molar-refractivity contribution is 0.0486. The Morgan fingerprint density at radius 3 is 2.45 bits per heavy atom. The number of hydrogen-bond donors (Lipinski definition) is 1. The number of piperidine rings is 1. The summed E-state index contributed by atoms with van der Waals surface area (Å²) in [7, 11) is 1.43. The summed E-state index contributed by atoms with van der Waals surface area (Å²) in [5, 5.41) is 3.11. The number of carbonyl (C=O) groups is 2. The molecule has 0 saturated carbocycles. The number of hydrogen-bond acceptors (Lipinski definition) is 6. The molecule has 38 heavy (non-hydrogen) atoms. The molecule has 2 atom stereocenters. The summed E-state index contributed by atoms with van der Waals surface area (Å²) in [5.74, 6) is 1.03. The number of alkyl carbamates (subject to hydrolysis) is 1. The topological polar surface area (TPSA) is 88.9 Å². The zero-order valence-electron chi connectivity index (χ0n) is 23.7. The van der Waals surface area contributed by atoms with Crippen molar-refractivity contribution in [1.29, 1.82) is 0 Å². The summed E-state index contributed by atoms with van der Waals surface area (Å²) < 4.78 is 12.9. The highest BCUT2D eigenvalue weighted by Crippen LogP contribution is 2.32. The van der Waals surface area contributed by atoms with Crippen molar-refractivity contribution < 1.29 is 19.1 Å². The summed E-state index contributed by atoms with van der Waals surface area (Å²) in [6, 6.07) is 10.6. The molecule has 1 N–H and O–H groups in total. The van der Waals surface area contributed by atoms with Gasteiger partial charge >= 0.3 is 12.2 Å². The Labute approximate surface area is 226 Å². The number of ether oxygens (including phenoxy) is 2. The Morgan fingerprint density at radius 2 is 1.82 bits per heavy atom. The molecule has 9 heteroatoms. The molecule has 4 rings (SSSR count). The molecule has 1 fully saturated rings. The van der Waals surface area contributed by atoms with Crippen molar-refractivity contribution in [3.05, 3.63) is 53.1 Å². The fourth-order valence-electron chi connectivity index (χ4n) is 5.77. The number of amides is 2. The summed E-state index contributed by atoms with van der Waals surface area (Å²) in [4.78, 5) is 33.9. The first kappa shape index (κ1) is 28.0. The molecule has 208 valence electrons. The van der Waals surface area contributed by atoms with E-state index in [0.717, 1.165) is 61.5 Å². The predicted octanol–water partition coefficient (Wildman–Crippen LogP) is 5.00. The van der Waals surface area contributed by atoms with E-state index in [-0.39, 0.29) is 18.2 Å². The van der Waals surface area contributed by atoms with Crippen LogP contribution in [-0.4, -0.2) is 69.9 Å². The van der Waals surface area contributed by atoms with Gasteiger partial charge in [0.1, 0.15) is 11.4 Å². The fraction of sp³-hybridized carbons (Fsp3) is 0.621. The molecule has 2 aromatic rings. The SMILES string of the molecule is COC(=O)N1CCc2nc(C)n(C3CCN(C(C)C[C@H](NC(=O)OC(C)(C)C)c4ccccc4)CC3)c2C1. The summed E-state index contributed by atoms with van der Waals surface area (Å²) in [6.07, 6.45) is 2.92. The third-order valence-corrected chi connectivity index (χ3v) is 7.62. The number of nitrogens with zero attached hydrogens (tertiary/aromatic N) is 4. The zero-order valence-corrected chi connectivity index (χ0v) is 23.7. The Hall–Kier alpha value is -3.07. The summed E-state index contributed by atoms with van der Waals surface area (Å²) in [6.45, 7) is 13.1. The zero-order chi connectivity index (χ0) is 27.4. The molecule has 1 saturated heterocycles. The first-order valence-corrected chi connectivity index (χ1v) is 13.7. The summed E-state index contributed by atoms with van der Waals surface area (Å²) in [5.41, 5.74) is 2.79. The highest BCUT2D eigenvalue weighted by molar-refractivity contribution is 5.68. The van der Waals surface area contributed by atoms with Crippen LogP contribution < -0.4 is 5.32 Å². The molecule has 1 aromatic heterocycles. The fourth-order valence-corrected chi connectivity index (χ4v) is 5.77. The molecule has 3 heterocycles. The van der Waals surface area contributed by atoms with Crippen LogP contribution in [-0.2, 0) is 22.4 Å². The number of aryl methyl sites for hydroxylation is 1. The maximum Gasteiger partial charge on any atom is 0.409 e. The van der Waals surface area contributed by atoms with E-state index in [1.807, 2.05) is 39.0 Å². The van der Waals surface area contributed by atoms with Gasteiger partial charge in [-0.05, 0) is 59.4 Å². The van der Waals surface area contributed by atoms with Gasteiger partial charge < -0.3 is 29.2 Å². The molecule has 0 aliphatic carbocycles. The smallest absolute Gasteiger partial charge is 0.409 e. The van der Waals surface area contributed by atoms with Crippen LogP contribution in [0.5, 0.6) is 0 Å². The van der Waals surface area contributed by atoms with E-state index < -0.39 is 11.7 Å². The van der Waals surface area contributed by atoms with Gasteiger partial charge in [-0.3, -0.25) is 0 Å². The quantitative estimate of drug-likeness (QED) is 0.571. The molecule has 0 bridgehead atoms. The molecule has 2 amide bonds. The van der Waals surface area contributed by atoms with Crippen LogP contribution in [0.2, 0.25) is 0 Å². The normalized spacial score (nSPS) is 18.4. The van der Waals surface area contributed by atoms with Crippen molar-refractivity contribution in [2.45, 2.75) is 90.6 Å². The molecular weight excluding hydrogens is 482 g/mol. The van der Waals surface area contributed by atoms with Gasteiger partial charge in [-0.25, -0.2) is 14.6 Å². The molecule has 0 radical (unpaired) electrons. The van der Waals surface area contributed by atoms with Gasteiger partial charge in [0.05, 0.1) is 31.1 Å². The van der Waals surface area contributed by atoms with Crippen LogP contribution in [0.3, 0.4) is 0 Å². The maximum absolute atomic E-state index is 12.6. The van der Waals surface area contributed by atoms with Crippen LogP contribution in [0.1, 0.15) is 81.8 Å². The van der Waals surface area contributed by atoms with Gasteiger partial charge in [0, 0.05) is 38.1 Å². The second-order valence-electron chi connectivity index (χ2n) is 11.5. The summed E-state index contributed by atoms with van der Waals surface area (Å²) >= 11 is 0. The number of rotatable bonds is 6. The average molecular weight is 526 g/mol. The number of carbonyl (C=O) groups excluding carboxylic acids is 2. The third kappa shape index (κ3) is 6.67. The minimum absolute atomic E-state index is 0.133. The number of benzene rings is 1. The Balaban J connectivity index is 1.40. The number of likely N-dealkylation sites (tertiary alicyclic amines) is 1. The lowest BCUT2D eigenvalue weighted by Crippen LogP contribution is -2.44. The number of methoxy groups -OCH3 is 1. The minimum atomic E-state index is -0.544. The monoisotopic (exact) mass is 525 g/mol. The lowest BCUT2D eigenvalue weighted by Gasteiger charge is -2.39. The third-order valence-electron chi connectivity index (χ3n) is 7.62. The van der Waals surface area contributed by atoms with Crippen LogP contribution >= 0.6 is 0 Å². The molecule has 9 nitrogen and oxygen atoms in total. The van der Waals surface area contributed by atoms with E-state index in [9.17, 15) is 9.59 Å². The van der Waals surface area contributed by atoms with Crippen molar-refractivity contribution in [2.24, 2.45) is 0 Å². The molecule has 1 unspecified atom stereocenters. The largest absolute Gasteiger partial charge is 0.453 e. The lowest BCUT2D eigenvalue weighted by atomic mass is 9.96. The van der Waals surface area contributed by atoms with E-state index in [4.69, 9.17) is 14.5 Å². The highest BCUT2D eigenvalue weighted by Gasteiger charge is 2.32. The van der Waals surface area contributed by atoms with Crippen molar-refractivity contribution in [2.75, 3.05) is 26.7 Å². The van der Waals surface area contributed by atoms with Gasteiger partial charge in [0.2, 0.25) is 0 Å². The van der Waals surface area contributed by atoms with Gasteiger partial charge in [0.25, 0.3) is 0 Å². The number of aromatic nitrogens is 2. The van der Waals surface area contributed by atoms with Crippen LogP contribution in [0.25, 0.3) is 0 Å². The molecule has 0 spiro atoms. The van der Waals surface area contributed by atoms with Crippen LogP contribution in [0.4, 0.5) is 9.59 Å². The van der Waals surface area contributed by atoms with Crippen molar-refractivity contribution in [3.63, 3.8) is 0 Å². The standard InChI is InChI=1S/C29H43N5O4/c1-20(18-25(22-10-8-7-9-11-22)31-27(35)38-29(3,4)5)32-15-12-23(13-16-32)34-21(2)30-24-14-17-33(19-26(24)34)28(36)37-6/h7-11,20,23,25H,12-19H2,1-6H3,(H,31,35)/t20?,25-/m0/s1. The number of fused-ring (bicyclic) bond motifs is 1. The second-order valence-corrected chi connectivity index (χ2v) is 11.5. The average Bonchev–Trinajstić information content (AvgIpc) is 3.22.